The molecular formula is C14H19F3N2O2. The third-order valence-corrected chi connectivity index (χ3v) is 2.60. The summed E-state index contributed by atoms with van der Waals surface area (Å²) in [4.78, 5) is 4.09. The van der Waals surface area contributed by atoms with Crippen molar-refractivity contribution in [1.82, 2.24) is 0 Å². The molecule has 7 heteroatoms. The molecule has 2 N–H and O–H groups in total. The minimum atomic E-state index is -4.34. The maximum Gasteiger partial charge on any atom is 0.416 e. The fourth-order valence-electron chi connectivity index (χ4n) is 1.58. The molecule has 21 heavy (non-hydrogen) atoms. The molecule has 0 fully saturated rings. The lowest BCUT2D eigenvalue weighted by molar-refractivity contribution is -0.137. The highest BCUT2D eigenvalue weighted by Crippen LogP contribution is 2.29. The molecule has 0 aliphatic heterocycles. The van der Waals surface area contributed by atoms with E-state index >= 15 is 0 Å². The molecule has 118 valence electrons. The maximum atomic E-state index is 12.4. The normalized spacial score (nSPS) is 13.0. The lowest BCUT2D eigenvalue weighted by Gasteiger charge is -2.16. The van der Waals surface area contributed by atoms with Crippen molar-refractivity contribution in [1.29, 1.82) is 0 Å². The SMILES string of the molecule is CCOC(OCC)C(N)=NCc1ccc(C(F)(F)F)cc1. The highest BCUT2D eigenvalue weighted by Gasteiger charge is 2.29. The van der Waals surface area contributed by atoms with Crippen LogP contribution in [0.5, 0.6) is 0 Å². The predicted molar refractivity (Wildman–Crippen MR) is 73.8 cm³/mol. The fraction of sp³-hybridized carbons (Fsp3) is 0.500. The van der Waals surface area contributed by atoms with Crippen LogP contribution in [0.2, 0.25) is 0 Å². The minimum Gasteiger partial charge on any atom is -0.383 e. The van der Waals surface area contributed by atoms with Gasteiger partial charge in [-0.05, 0) is 31.5 Å². The molecule has 0 spiro atoms. The summed E-state index contributed by atoms with van der Waals surface area (Å²) in [6.45, 7) is 4.60. The minimum absolute atomic E-state index is 0.165. The second-order valence-corrected chi connectivity index (χ2v) is 4.18. The van der Waals surface area contributed by atoms with E-state index in [1.165, 1.54) is 12.1 Å². The Kier molecular flexibility index (Phi) is 6.64. The van der Waals surface area contributed by atoms with Crippen molar-refractivity contribution in [3.8, 4) is 0 Å². The van der Waals surface area contributed by atoms with E-state index in [2.05, 4.69) is 4.99 Å². The number of amidine groups is 1. The number of alkyl halides is 3. The summed E-state index contributed by atoms with van der Waals surface area (Å²) in [5.41, 5.74) is 5.69. The first-order valence-corrected chi connectivity index (χ1v) is 6.57. The molecule has 0 aliphatic carbocycles. The maximum absolute atomic E-state index is 12.4. The van der Waals surface area contributed by atoms with Gasteiger partial charge in [-0.25, -0.2) is 0 Å². The van der Waals surface area contributed by atoms with Gasteiger partial charge in [-0.3, -0.25) is 4.99 Å². The molecule has 0 aliphatic rings. The molecule has 1 rings (SSSR count). The van der Waals surface area contributed by atoms with Gasteiger partial charge in [0, 0.05) is 13.2 Å². The summed E-state index contributed by atoms with van der Waals surface area (Å²) in [5, 5.41) is 0. The van der Waals surface area contributed by atoms with Gasteiger partial charge >= 0.3 is 6.18 Å². The molecule has 0 aromatic heterocycles. The van der Waals surface area contributed by atoms with Crippen LogP contribution in [-0.4, -0.2) is 25.3 Å². The standard InChI is InChI=1S/C14H19F3N2O2/c1-3-20-13(21-4-2)12(18)19-9-10-5-7-11(8-6-10)14(15,16)17/h5-8,13H,3-4,9H2,1-2H3,(H2,18,19). The van der Waals surface area contributed by atoms with Gasteiger partial charge in [-0.2, -0.15) is 13.2 Å². The lowest BCUT2D eigenvalue weighted by Crippen LogP contribution is -2.34. The highest BCUT2D eigenvalue weighted by molar-refractivity contribution is 5.83. The smallest absolute Gasteiger partial charge is 0.383 e. The number of rotatable bonds is 7. The summed E-state index contributed by atoms with van der Waals surface area (Å²) in [6.07, 6.45) is -5.06. The molecule has 0 amide bonds. The first-order valence-electron chi connectivity index (χ1n) is 6.57. The van der Waals surface area contributed by atoms with Crippen molar-refractivity contribution in [2.24, 2.45) is 10.7 Å². The van der Waals surface area contributed by atoms with E-state index < -0.39 is 18.0 Å². The van der Waals surface area contributed by atoms with Gasteiger partial charge < -0.3 is 15.2 Å². The van der Waals surface area contributed by atoms with Gasteiger partial charge in [-0.15, -0.1) is 0 Å². The van der Waals surface area contributed by atoms with Crippen molar-refractivity contribution >= 4 is 5.84 Å². The number of nitrogens with zero attached hydrogens (tertiary/aromatic N) is 1. The van der Waals surface area contributed by atoms with E-state index in [1.807, 2.05) is 0 Å². The zero-order valence-corrected chi connectivity index (χ0v) is 12.0. The van der Waals surface area contributed by atoms with Gasteiger partial charge in [0.1, 0.15) is 0 Å². The zero-order valence-electron chi connectivity index (χ0n) is 12.0. The Morgan fingerprint density at radius 1 is 1.14 bits per heavy atom. The van der Waals surface area contributed by atoms with Crippen LogP contribution < -0.4 is 5.73 Å². The molecule has 0 atom stereocenters. The number of ether oxygens (including phenoxy) is 2. The second kappa shape index (κ2) is 7.99. The third-order valence-electron chi connectivity index (χ3n) is 2.60. The van der Waals surface area contributed by atoms with Crippen LogP contribution in [0.4, 0.5) is 13.2 Å². The van der Waals surface area contributed by atoms with Gasteiger partial charge in [0.2, 0.25) is 6.29 Å². The molecule has 0 bridgehead atoms. The average molecular weight is 304 g/mol. The Morgan fingerprint density at radius 2 is 1.67 bits per heavy atom. The Hall–Kier alpha value is -1.60. The summed E-state index contributed by atoms with van der Waals surface area (Å²) in [5.74, 6) is 0.165. The molecule has 0 saturated carbocycles. The molecule has 4 nitrogen and oxygen atoms in total. The molecule has 0 saturated heterocycles. The van der Waals surface area contributed by atoms with Crippen LogP contribution in [0.15, 0.2) is 29.3 Å². The van der Waals surface area contributed by atoms with Crippen molar-refractivity contribution in [3.05, 3.63) is 35.4 Å². The van der Waals surface area contributed by atoms with Crippen LogP contribution >= 0.6 is 0 Å². The third kappa shape index (κ3) is 5.73. The zero-order chi connectivity index (χ0) is 15.9. The Labute approximate surface area is 121 Å². The average Bonchev–Trinajstić information content (AvgIpc) is 2.44. The van der Waals surface area contributed by atoms with E-state index in [0.717, 1.165) is 12.1 Å². The van der Waals surface area contributed by atoms with Crippen LogP contribution in [0.25, 0.3) is 0 Å². The van der Waals surface area contributed by atoms with E-state index in [4.69, 9.17) is 15.2 Å². The van der Waals surface area contributed by atoms with E-state index in [9.17, 15) is 13.2 Å². The van der Waals surface area contributed by atoms with Crippen molar-refractivity contribution < 1.29 is 22.6 Å². The van der Waals surface area contributed by atoms with Crippen molar-refractivity contribution in [2.45, 2.75) is 32.9 Å². The van der Waals surface area contributed by atoms with E-state index in [0.29, 0.717) is 18.8 Å². The molecule has 1 aromatic carbocycles. The van der Waals surface area contributed by atoms with Gasteiger partial charge in [0.25, 0.3) is 0 Å². The van der Waals surface area contributed by atoms with Crippen molar-refractivity contribution in [2.75, 3.05) is 13.2 Å². The Balaban J connectivity index is 2.70. The molecular weight excluding hydrogens is 285 g/mol. The molecule has 0 heterocycles. The van der Waals surface area contributed by atoms with Crippen LogP contribution in [0.3, 0.4) is 0 Å². The summed E-state index contributed by atoms with van der Waals surface area (Å²) in [6, 6.07) is 4.78. The second-order valence-electron chi connectivity index (χ2n) is 4.18. The Bertz CT molecular complexity index is 452. The first kappa shape index (κ1) is 17.5. The van der Waals surface area contributed by atoms with Gasteiger partial charge in [0.05, 0.1) is 12.1 Å². The largest absolute Gasteiger partial charge is 0.416 e. The number of benzene rings is 1. The summed E-state index contributed by atoms with van der Waals surface area (Å²) in [7, 11) is 0. The summed E-state index contributed by atoms with van der Waals surface area (Å²) < 4.78 is 47.8. The van der Waals surface area contributed by atoms with Crippen LogP contribution in [0, 0.1) is 0 Å². The molecule has 0 radical (unpaired) electrons. The predicted octanol–water partition coefficient (Wildman–Crippen LogP) is 2.96. The number of hydrogen-bond acceptors (Lipinski definition) is 3. The first-order chi connectivity index (χ1) is 9.88. The fourth-order valence-corrected chi connectivity index (χ4v) is 1.58. The number of nitrogens with two attached hydrogens (primary N) is 1. The topological polar surface area (TPSA) is 56.8 Å². The van der Waals surface area contributed by atoms with Crippen LogP contribution in [0.1, 0.15) is 25.0 Å². The van der Waals surface area contributed by atoms with Crippen molar-refractivity contribution in [3.63, 3.8) is 0 Å². The Morgan fingerprint density at radius 3 is 2.10 bits per heavy atom. The number of hydrogen-bond donors (Lipinski definition) is 1. The molecule has 1 aromatic rings. The quantitative estimate of drug-likeness (QED) is 0.479. The molecule has 0 unspecified atom stereocenters. The highest BCUT2D eigenvalue weighted by atomic mass is 19.4. The van der Waals surface area contributed by atoms with Gasteiger partial charge in [0.15, 0.2) is 5.84 Å². The van der Waals surface area contributed by atoms with E-state index in [1.54, 1.807) is 13.8 Å². The van der Waals surface area contributed by atoms with Crippen LogP contribution in [-0.2, 0) is 22.2 Å². The summed E-state index contributed by atoms with van der Waals surface area (Å²) >= 11 is 0. The number of aliphatic imine (C=N–C) groups is 1. The monoisotopic (exact) mass is 304 g/mol. The van der Waals surface area contributed by atoms with E-state index in [-0.39, 0.29) is 12.4 Å². The number of halogens is 3. The van der Waals surface area contributed by atoms with Gasteiger partial charge in [-0.1, -0.05) is 12.1 Å². The lowest BCUT2D eigenvalue weighted by atomic mass is 10.1.